The maximum absolute atomic E-state index is 13.5. The number of rotatable bonds is 3. The van der Waals surface area contributed by atoms with E-state index in [2.05, 4.69) is 12.0 Å². The van der Waals surface area contributed by atoms with Crippen molar-refractivity contribution in [2.45, 2.75) is 19.8 Å². The van der Waals surface area contributed by atoms with Crippen molar-refractivity contribution in [2.24, 2.45) is 7.05 Å². The van der Waals surface area contributed by atoms with E-state index in [4.69, 9.17) is 17.3 Å². The third-order valence-corrected chi connectivity index (χ3v) is 3.09. The highest BCUT2D eigenvalue weighted by Gasteiger charge is 2.15. The van der Waals surface area contributed by atoms with Gasteiger partial charge in [-0.15, -0.1) is 0 Å². The molecule has 0 aliphatic rings. The van der Waals surface area contributed by atoms with Gasteiger partial charge < -0.3 is 5.73 Å². The van der Waals surface area contributed by atoms with Crippen molar-refractivity contribution in [3.05, 3.63) is 34.9 Å². The molecule has 0 radical (unpaired) electrons. The van der Waals surface area contributed by atoms with E-state index >= 15 is 0 Å². The van der Waals surface area contributed by atoms with E-state index in [1.807, 2.05) is 13.2 Å². The molecule has 0 bridgehead atoms. The number of hydrogen-bond donors (Lipinski definition) is 1. The number of anilines is 1. The van der Waals surface area contributed by atoms with E-state index < -0.39 is 5.82 Å². The van der Waals surface area contributed by atoms with Gasteiger partial charge in [-0.3, -0.25) is 4.68 Å². The largest absolute Gasteiger partial charge is 0.397 e. The lowest BCUT2D eigenvalue weighted by Crippen LogP contribution is -1.95. The Morgan fingerprint density at radius 2 is 2.11 bits per heavy atom. The van der Waals surface area contributed by atoms with Gasteiger partial charge in [0, 0.05) is 24.4 Å². The van der Waals surface area contributed by atoms with E-state index in [0.29, 0.717) is 11.3 Å². The van der Waals surface area contributed by atoms with Crippen LogP contribution in [0.1, 0.15) is 19.0 Å². The van der Waals surface area contributed by atoms with E-state index in [1.54, 1.807) is 4.68 Å². The van der Waals surface area contributed by atoms with E-state index in [9.17, 15) is 4.39 Å². The van der Waals surface area contributed by atoms with Gasteiger partial charge >= 0.3 is 0 Å². The number of aromatic nitrogens is 2. The summed E-state index contributed by atoms with van der Waals surface area (Å²) in [4.78, 5) is 0. The molecule has 3 nitrogen and oxygen atoms in total. The third-order valence-electron chi connectivity index (χ3n) is 2.78. The van der Waals surface area contributed by atoms with Gasteiger partial charge in [-0.2, -0.15) is 5.10 Å². The van der Waals surface area contributed by atoms with Crippen LogP contribution in [0.5, 0.6) is 0 Å². The zero-order valence-corrected chi connectivity index (χ0v) is 11.1. The van der Waals surface area contributed by atoms with Crippen LogP contribution in [0, 0.1) is 5.82 Å². The number of hydrogen-bond acceptors (Lipinski definition) is 2. The summed E-state index contributed by atoms with van der Waals surface area (Å²) in [6, 6.07) is 2.62. The molecule has 96 valence electrons. The Bertz CT molecular complexity index is 578. The molecule has 0 unspecified atom stereocenters. The first-order chi connectivity index (χ1) is 8.52. The van der Waals surface area contributed by atoms with Crippen LogP contribution in [-0.2, 0) is 13.5 Å². The molecule has 0 aliphatic heterocycles. The van der Waals surface area contributed by atoms with Crippen LogP contribution in [-0.4, -0.2) is 9.78 Å². The van der Waals surface area contributed by atoms with E-state index in [-0.39, 0.29) is 5.02 Å². The van der Waals surface area contributed by atoms with Crippen molar-refractivity contribution in [3.8, 4) is 11.1 Å². The van der Waals surface area contributed by atoms with Crippen LogP contribution in [0.2, 0.25) is 5.02 Å². The summed E-state index contributed by atoms with van der Waals surface area (Å²) in [6.45, 7) is 2.07. The molecule has 0 atom stereocenters. The minimum Gasteiger partial charge on any atom is -0.397 e. The molecule has 5 heteroatoms. The summed E-state index contributed by atoms with van der Waals surface area (Å²) in [5.74, 6) is -0.393. The minimum atomic E-state index is -0.393. The van der Waals surface area contributed by atoms with Gasteiger partial charge in [0.05, 0.1) is 16.4 Å². The van der Waals surface area contributed by atoms with Gasteiger partial charge in [-0.05, 0) is 18.6 Å². The second-order valence-electron chi connectivity index (χ2n) is 4.26. The average molecular weight is 268 g/mol. The molecule has 0 saturated carbocycles. The highest BCUT2D eigenvalue weighted by molar-refractivity contribution is 6.33. The summed E-state index contributed by atoms with van der Waals surface area (Å²) in [5.41, 5.74) is 8.68. The molecule has 0 saturated heterocycles. The number of benzene rings is 1. The van der Waals surface area contributed by atoms with E-state index in [0.717, 1.165) is 24.1 Å². The van der Waals surface area contributed by atoms with Gasteiger partial charge in [-0.1, -0.05) is 24.9 Å². The van der Waals surface area contributed by atoms with Crippen molar-refractivity contribution in [3.63, 3.8) is 0 Å². The standard InChI is InChI=1S/C13H15ClFN3/c1-3-4-12-10(7-18(2)17-12)9-5-8(15)6-11(14)13(9)16/h5-7H,3-4,16H2,1-2H3. The van der Waals surface area contributed by atoms with E-state index in [1.165, 1.54) is 12.1 Å². The highest BCUT2D eigenvalue weighted by atomic mass is 35.5. The van der Waals surface area contributed by atoms with Crippen LogP contribution in [0.15, 0.2) is 18.3 Å². The lowest BCUT2D eigenvalue weighted by atomic mass is 10.0. The Labute approximate surface area is 110 Å². The topological polar surface area (TPSA) is 43.8 Å². The fraction of sp³-hybridized carbons (Fsp3) is 0.308. The van der Waals surface area contributed by atoms with Crippen molar-refractivity contribution < 1.29 is 4.39 Å². The molecule has 1 aromatic heterocycles. The van der Waals surface area contributed by atoms with Gasteiger partial charge in [0.1, 0.15) is 5.82 Å². The molecule has 0 amide bonds. The smallest absolute Gasteiger partial charge is 0.125 e. The maximum atomic E-state index is 13.5. The zero-order chi connectivity index (χ0) is 13.3. The first kappa shape index (κ1) is 12.9. The molecule has 2 rings (SSSR count). The van der Waals surface area contributed by atoms with Crippen molar-refractivity contribution in [2.75, 3.05) is 5.73 Å². The summed E-state index contributed by atoms with van der Waals surface area (Å²) in [7, 11) is 1.83. The Balaban J connectivity index is 2.61. The minimum absolute atomic E-state index is 0.233. The van der Waals surface area contributed by atoms with Crippen molar-refractivity contribution in [1.82, 2.24) is 9.78 Å². The van der Waals surface area contributed by atoms with Gasteiger partial charge in [0.25, 0.3) is 0 Å². The number of nitrogen functional groups attached to an aromatic ring is 1. The summed E-state index contributed by atoms with van der Waals surface area (Å²) in [6.07, 6.45) is 3.63. The predicted molar refractivity (Wildman–Crippen MR) is 72.0 cm³/mol. The number of nitrogens with zero attached hydrogens (tertiary/aromatic N) is 2. The first-order valence-corrected chi connectivity index (χ1v) is 6.18. The molecule has 0 spiro atoms. The average Bonchev–Trinajstić information content (AvgIpc) is 2.65. The van der Waals surface area contributed by atoms with Crippen LogP contribution in [0.4, 0.5) is 10.1 Å². The van der Waals surface area contributed by atoms with Gasteiger partial charge in [-0.25, -0.2) is 4.39 Å². The second-order valence-corrected chi connectivity index (χ2v) is 4.67. The third kappa shape index (κ3) is 2.34. The van der Waals surface area contributed by atoms with Crippen LogP contribution >= 0.6 is 11.6 Å². The Hall–Kier alpha value is -1.55. The highest BCUT2D eigenvalue weighted by Crippen LogP contribution is 2.34. The number of aryl methyl sites for hydroxylation is 2. The Kier molecular flexibility index (Phi) is 3.57. The fourth-order valence-corrected chi connectivity index (χ4v) is 2.19. The predicted octanol–water partition coefficient (Wildman–Crippen LogP) is 3.41. The molecule has 0 fully saturated rings. The molecular formula is C13H15ClFN3. The molecule has 1 aromatic carbocycles. The number of nitrogens with two attached hydrogens (primary N) is 1. The Morgan fingerprint density at radius 3 is 2.78 bits per heavy atom. The normalized spacial score (nSPS) is 10.9. The molecule has 2 N–H and O–H groups in total. The van der Waals surface area contributed by atoms with Gasteiger partial charge in [0.2, 0.25) is 0 Å². The Morgan fingerprint density at radius 1 is 1.39 bits per heavy atom. The van der Waals surface area contributed by atoms with Crippen LogP contribution < -0.4 is 5.73 Å². The molecule has 2 aromatic rings. The fourth-order valence-electron chi connectivity index (χ4n) is 1.99. The molecule has 1 heterocycles. The SMILES string of the molecule is CCCc1nn(C)cc1-c1cc(F)cc(Cl)c1N. The van der Waals surface area contributed by atoms with Crippen LogP contribution in [0.25, 0.3) is 11.1 Å². The zero-order valence-electron chi connectivity index (χ0n) is 10.4. The number of halogens is 2. The second kappa shape index (κ2) is 4.98. The summed E-state index contributed by atoms with van der Waals surface area (Å²) >= 11 is 5.91. The lowest BCUT2D eigenvalue weighted by molar-refractivity contribution is 0.628. The molecule has 18 heavy (non-hydrogen) atoms. The van der Waals surface area contributed by atoms with Gasteiger partial charge in [0.15, 0.2) is 0 Å². The quantitative estimate of drug-likeness (QED) is 0.866. The molecule has 0 aliphatic carbocycles. The summed E-state index contributed by atoms with van der Waals surface area (Å²) in [5, 5.41) is 4.61. The monoisotopic (exact) mass is 267 g/mol. The lowest BCUT2D eigenvalue weighted by Gasteiger charge is -2.07. The van der Waals surface area contributed by atoms with Crippen molar-refractivity contribution >= 4 is 17.3 Å². The maximum Gasteiger partial charge on any atom is 0.125 e. The summed E-state index contributed by atoms with van der Waals surface area (Å²) < 4.78 is 15.2. The molecular weight excluding hydrogens is 253 g/mol. The van der Waals surface area contributed by atoms with Crippen molar-refractivity contribution in [1.29, 1.82) is 0 Å². The first-order valence-electron chi connectivity index (χ1n) is 5.80. The van der Waals surface area contributed by atoms with Crippen LogP contribution in [0.3, 0.4) is 0 Å².